The van der Waals surface area contributed by atoms with E-state index in [2.05, 4.69) is 0 Å². The summed E-state index contributed by atoms with van der Waals surface area (Å²) in [6.07, 6.45) is 2.53. The Balaban J connectivity index is 1.54. The van der Waals surface area contributed by atoms with Crippen LogP contribution in [0.5, 0.6) is 17.2 Å². The molecule has 0 aliphatic heterocycles. The van der Waals surface area contributed by atoms with Crippen LogP contribution in [0.15, 0.2) is 45.6 Å². The highest BCUT2D eigenvalue weighted by Gasteiger charge is 2.33. The third-order valence-electron chi connectivity index (χ3n) is 6.22. The molecule has 0 atom stereocenters. The summed E-state index contributed by atoms with van der Waals surface area (Å²) in [6.45, 7) is 2.33. The molecule has 1 amide bonds. The van der Waals surface area contributed by atoms with E-state index in [4.69, 9.17) is 18.6 Å². The van der Waals surface area contributed by atoms with E-state index >= 15 is 0 Å². The quantitative estimate of drug-likeness (QED) is 0.453. The predicted octanol–water partition coefficient (Wildman–Crippen LogP) is 4.25. The molecule has 1 aromatic heterocycles. The highest BCUT2D eigenvalue weighted by molar-refractivity contribution is 5.83. The lowest BCUT2D eigenvalue weighted by molar-refractivity contribution is -0.132. The SMILES string of the molecule is COc1ccc(OC)c(CN(C(=O)CCc2c(C)c3ccc(OC)cc3oc2=O)C2CC2)c1. The second-order valence-corrected chi connectivity index (χ2v) is 8.29. The Labute approximate surface area is 192 Å². The van der Waals surface area contributed by atoms with Crippen molar-refractivity contribution in [2.45, 2.75) is 45.2 Å². The summed E-state index contributed by atoms with van der Waals surface area (Å²) in [7, 11) is 4.80. The minimum absolute atomic E-state index is 0.0102. The first-order valence-corrected chi connectivity index (χ1v) is 11.1. The molecule has 0 saturated heterocycles. The van der Waals surface area contributed by atoms with Gasteiger partial charge in [0.15, 0.2) is 0 Å². The number of rotatable bonds is 9. The number of carbonyl (C=O) groups is 1. The van der Waals surface area contributed by atoms with Gasteiger partial charge in [0.2, 0.25) is 5.91 Å². The van der Waals surface area contributed by atoms with Crippen LogP contribution in [-0.2, 0) is 17.8 Å². The van der Waals surface area contributed by atoms with Gasteiger partial charge in [0.1, 0.15) is 22.8 Å². The van der Waals surface area contributed by atoms with Gasteiger partial charge in [0.05, 0.1) is 21.3 Å². The second-order valence-electron chi connectivity index (χ2n) is 8.29. The lowest BCUT2D eigenvalue weighted by Crippen LogP contribution is -2.33. The number of methoxy groups -OCH3 is 3. The highest BCUT2D eigenvalue weighted by atomic mass is 16.5. The Morgan fingerprint density at radius 2 is 1.73 bits per heavy atom. The maximum atomic E-state index is 13.2. The zero-order valence-corrected chi connectivity index (χ0v) is 19.5. The highest BCUT2D eigenvalue weighted by Crippen LogP contribution is 2.33. The Bertz CT molecular complexity index is 1230. The van der Waals surface area contributed by atoms with Gasteiger partial charge in [-0.05, 0) is 62.1 Å². The average Bonchev–Trinajstić information content (AvgIpc) is 3.66. The van der Waals surface area contributed by atoms with E-state index in [1.165, 1.54) is 0 Å². The predicted molar refractivity (Wildman–Crippen MR) is 125 cm³/mol. The van der Waals surface area contributed by atoms with Crippen LogP contribution >= 0.6 is 0 Å². The normalized spacial score (nSPS) is 13.1. The molecule has 174 valence electrons. The Morgan fingerprint density at radius 3 is 2.39 bits per heavy atom. The molecule has 33 heavy (non-hydrogen) atoms. The van der Waals surface area contributed by atoms with Gasteiger partial charge in [-0.3, -0.25) is 4.79 Å². The van der Waals surface area contributed by atoms with Crippen LogP contribution in [0.25, 0.3) is 11.0 Å². The maximum absolute atomic E-state index is 13.2. The summed E-state index contributed by atoms with van der Waals surface area (Å²) in [5, 5.41) is 0.845. The molecule has 7 nitrogen and oxygen atoms in total. The molecule has 2 aromatic carbocycles. The van der Waals surface area contributed by atoms with Gasteiger partial charge in [-0.2, -0.15) is 0 Å². The molecule has 7 heteroatoms. The molecule has 0 N–H and O–H groups in total. The van der Waals surface area contributed by atoms with Gasteiger partial charge >= 0.3 is 5.63 Å². The number of amides is 1. The molecular weight excluding hydrogens is 422 g/mol. The molecule has 1 fully saturated rings. The lowest BCUT2D eigenvalue weighted by Gasteiger charge is -2.24. The van der Waals surface area contributed by atoms with E-state index in [0.29, 0.717) is 29.9 Å². The number of nitrogens with zero attached hydrogens (tertiary/aromatic N) is 1. The zero-order valence-electron chi connectivity index (χ0n) is 19.5. The van der Waals surface area contributed by atoms with Crippen molar-refractivity contribution in [3.05, 3.63) is 63.5 Å². The fourth-order valence-corrected chi connectivity index (χ4v) is 4.16. The minimum Gasteiger partial charge on any atom is -0.497 e. The molecule has 4 rings (SSSR count). The molecule has 1 heterocycles. The number of aryl methyl sites for hydroxylation is 1. The van der Waals surface area contributed by atoms with Crippen LogP contribution in [0.2, 0.25) is 0 Å². The first-order valence-electron chi connectivity index (χ1n) is 11.1. The summed E-state index contributed by atoms with van der Waals surface area (Å²) >= 11 is 0. The van der Waals surface area contributed by atoms with Crippen LogP contribution in [-0.4, -0.2) is 38.2 Å². The smallest absolute Gasteiger partial charge is 0.339 e. The zero-order chi connectivity index (χ0) is 23.5. The van der Waals surface area contributed by atoms with Crippen LogP contribution in [0.3, 0.4) is 0 Å². The van der Waals surface area contributed by atoms with E-state index in [-0.39, 0.29) is 18.4 Å². The fraction of sp³-hybridized carbons (Fsp3) is 0.385. The van der Waals surface area contributed by atoms with E-state index < -0.39 is 5.63 Å². The van der Waals surface area contributed by atoms with Gasteiger partial charge < -0.3 is 23.5 Å². The standard InChI is InChI=1S/C26H29NO6/c1-16-21-9-7-20(31-3)14-24(21)33-26(29)22(16)10-12-25(28)27(18-5-6-18)15-17-13-19(30-2)8-11-23(17)32-4/h7-9,11,13-14,18H,5-6,10,12,15H2,1-4H3. The third-order valence-corrected chi connectivity index (χ3v) is 6.22. The Hall–Kier alpha value is -3.48. The first-order chi connectivity index (χ1) is 15.9. The molecule has 0 bridgehead atoms. The molecule has 0 radical (unpaired) electrons. The van der Waals surface area contributed by atoms with Gasteiger partial charge in [-0.15, -0.1) is 0 Å². The summed E-state index contributed by atoms with van der Waals surface area (Å²) in [5.41, 5.74) is 2.34. The van der Waals surface area contributed by atoms with Gasteiger partial charge in [0.25, 0.3) is 0 Å². The van der Waals surface area contributed by atoms with Crippen molar-refractivity contribution >= 4 is 16.9 Å². The minimum atomic E-state index is -0.409. The molecule has 1 aliphatic carbocycles. The van der Waals surface area contributed by atoms with E-state index in [1.807, 2.05) is 42.2 Å². The van der Waals surface area contributed by atoms with Crippen LogP contribution < -0.4 is 19.8 Å². The van der Waals surface area contributed by atoms with Gasteiger partial charge in [-0.25, -0.2) is 4.79 Å². The van der Waals surface area contributed by atoms with Gasteiger partial charge in [-0.1, -0.05) is 0 Å². The number of ether oxygens (including phenoxy) is 3. The monoisotopic (exact) mass is 451 g/mol. The Morgan fingerprint density at radius 1 is 1.03 bits per heavy atom. The van der Waals surface area contributed by atoms with Crippen molar-refractivity contribution < 1.29 is 23.4 Å². The van der Waals surface area contributed by atoms with E-state index in [1.54, 1.807) is 27.4 Å². The van der Waals surface area contributed by atoms with Crippen molar-refractivity contribution in [1.29, 1.82) is 0 Å². The molecular formula is C26H29NO6. The van der Waals surface area contributed by atoms with Crippen LogP contribution in [0.1, 0.15) is 36.0 Å². The number of hydrogen-bond acceptors (Lipinski definition) is 6. The topological polar surface area (TPSA) is 78.2 Å². The number of fused-ring (bicyclic) bond motifs is 1. The number of carbonyl (C=O) groups excluding carboxylic acids is 1. The molecule has 1 aliphatic rings. The molecule has 0 spiro atoms. The summed E-state index contributed by atoms with van der Waals surface area (Å²) in [5.74, 6) is 2.07. The number of hydrogen-bond donors (Lipinski definition) is 0. The lowest BCUT2D eigenvalue weighted by atomic mass is 10.0. The van der Waals surface area contributed by atoms with Crippen molar-refractivity contribution in [2.75, 3.05) is 21.3 Å². The van der Waals surface area contributed by atoms with Gasteiger partial charge in [0, 0.05) is 41.6 Å². The molecule has 3 aromatic rings. The van der Waals surface area contributed by atoms with Crippen molar-refractivity contribution in [3.63, 3.8) is 0 Å². The van der Waals surface area contributed by atoms with E-state index in [9.17, 15) is 9.59 Å². The first kappa shape index (κ1) is 22.7. The largest absolute Gasteiger partial charge is 0.497 e. The Kier molecular flexibility index (Phi) is 6.58. The summed E-state index contributed by atoms with van der Waals surface area (Å²) < 4.78 is 21.6. The summed E-state index contributed by atoms with van der Waals surface area (Å²) in [6, 6.07) is 11.2. The van der Waals surface area contributed by atoms with Crippen molar-refractivity contribution in [1.82, 2.24) is 4.90 Å². The maximum Gasteiger partial charge on any atom is 0.339 e. The molecule has 1 saturated carbocycles. The van der Waals surface area contributed by atoms with E-state index in [0.717, 1.165) is 40.9 Å². The van der Waals surface area contributed by atoms with Crippen molar-refractivity contribution in [2.24, 2.45) is 0 Å². The molecule has 0 unspecified atom stereocenters. The fourth-order valence-electron chi connectivity index (χ4n) is 4.16. The second kappa shape index (κ2) is 9.57. The summed E-state index contributed by atoms with van der Waals surface area (Å²) in [4.78, 5) is 27.8. The average molecular weight is 452 g/mol. The third kappa shape index (κ3) is 4.82. The van der Waals surface area contributed by atoms with Crippen LogP contribution in [0, 0.1) is 6.92 Å². The number of benzene rings is 2. The van der Waals surface area contributed by atoms with Crippen molar-refractivity contribution in [3.8, 4) is 17.2 Å². The van der Waals surface area contributed by atoms with Crippen LogP contribution in [0.4, 0.5) is 0 Å².